The molecule has 0 amide bonds. The summed E-state index contributed by atoms with van der Waals surface area (Å²) in [5.41, 5.74) is 0. The SMILES string of the molecule is CCNC(=NCCCCOc1ccccc1)N1CCS(=O)(=O)C(C)(C)C1. The molecule has 1 aliphatic heterocycles. The molecule has 0 aliphatic carbocycles. The molecule has 1 aromatic rings. The Bertz CT molecular complexity index is 687. The van der Waals surface area contributed by atoms with Crippen molar-refractivity contribution in [2.24, 2.45) is 4.99 Å². The van der Waals surface area contributed by atoms with E-state index in [4.69, 9.17) is 4.74 Å². The molecule has 0 spiro atoms. The Labute approximate surface area is 157 Å². The normalized spacial score (nSPS) is 19.2. The van der Waals surface area contributed by atoms with Gasteiger partial charge in [0.15, 0.2) is 15.8 Å². The molecule has 7 heteroatoms. The summed E-state index contributed by atoms with van der Waals surface area (Å²) in [6.07, 6.45) is 1.86. The van der Waals surface area contributed by atoms with E-state index in [0.717, 1.165) is 31.1 Å². The molecule has 1 saturated heterocycles. The molecular formula is C19H31N3O3S. The van der Waals surface area contributed by atoms with E-state index in [-0.39, 0.29) is 5.75 Å². The molecule has 1 fully saturated rings. The summed E-state index contributed by atoms with van der Waals surface area (Å²) in [6.45, 7) is 8.70. The fourth-order valence-electron chi connectivity index (χ4n) is 2.86. The first-order valence-corrected chi connectivity index (χ1v) is 10.9. The Balaban J connectivity index is 1.81. The Morgan fingerprint density at radius 1 is 1.27 bits per heavy atom. The Kier molecular flexibility index (Phi) is 7.32. The van der Waals surface area contributed by atoms with Gasteiger partial charge in [0.05, 0.1) is 17.1 Å². The predicted molar refractivity (Wildman–Crippen MR) is 107 cm³/mol. The minimum Gasteiger partial charge on any atom is -0.494 e. The average Bonchev–Trinajstić information content (AvgIpc) is 2.60. The van der Waals surface area contributed by atoms with E-state index in [9.17, 15) is 8.42 Å². The molecule has 0 aromatic heterocycles. The molecule has 0 bridgehead atoms. The van der Waals surface area contributed by atoms with Crippen LogP contribution in [0.3, 0.4) is 0 Å². The average molecular weight is 382 g/mol. The largest absolute Gasteiger partial charge is 0.494 e. The van der Waals surface area contributed by atoms with Crippen LogP contribution < -0.4 is 10.1 Å². The smallest absolute Gasteiger partial charge is 0.193 e. The summed E-state index contributed by atoms with van der Waals surface area (Å²) >= 11 is 0. The number of nitrogens with zero attached hydrogens (tertiary/aromatic N) is 2. The number of nitrogens with one attached hydrogen (secondary N) is 1. The lowest BCUT2D eigenvalue weighted by Gasteiger charge is -2.39. The lowest BCUT2D eigenvalue weighted by Crippen LogP contribution is -2.57. The molecule has 6 nitrogen and oxygen atoms in total. The van der Waals surface area contributed by atoms with Crippen LogP contribution in [0.2, 0.25) is 0 Å². The van der Waals surface area contributed by atoms with Crippen LogP contribution in [0, 0.1) is 0 Å². The molecule has 0 atom stereocenters. The van der Waals surface area contributed by atoms with Gasteiger partial charge in [-0.3, -0.25) is 4.99 Å². The lowest BCUT2D eigenvalue weighted by atomic mass is 10.2. The zero-order valence-electron chi connectivity index (χ0n) is 16.1. The first kappa shape index (κ1) is 20.6. The highest BCUT2D eigenvalue weighted by Crippen LogP contribution is 2.23. The summed E-state index contributed by atoms with van der Waals surface area (Å²) < 4.78 is 29.3. The monoisotopic (exact) mass is 381 g/mol. The molecule has 0 radical (unpaired) electrons. The van der Waals surface area contributed by atoms with Crippen LogP contribution in [0.5, 0.6) is 5.75 Å². The summed E-state index contributed by atoms with van der Waals surface area (Å²) in [5, 5.41) is 3.28. The minimum absolute atomic E-state index is 0.176. The van der Waals surface area contributed by atoms with Gasteiger partial charge in [0.25, 0.3) is 0 Å². The molecule has 2 rings (SSSR count). The number of rotatable bonds is 7. The first-order chi connectivity index (χ1) is 12.4. The number of aliphatic imine (C=N–C) groups is 1. The maximum atomic E-state index is 12.2. The third-order valence-electron chi connectivity index (χ3n) is 4.50. The summed E-state index contributed by atoms with van der Waals surface area (Å²) in [6, 6.07) is 9.80. The summed E-state index contributed by atoms with van der Waals surface area (Å²) in [7, 11) is -3.04. The van der Waals surface area contributed by atoms with E-state index >= 15 is 0 Å². The molecule has 0 saturated carbocycles. The highest BCUT2D eigenvalue weighted by atomic mass is 32.2. The van der Waals surface area contributed by atoms with Gasteiger partial charge >= 0.3 is 0 Å². The molecule has 1 heterocycles. The van der Waals surface area contributed by atoms with E-state index in [2.05, 4.69) is 15.2 Å². The Morgan fingerprint density at radius 3 is 2.65 bits per heavy atom. The quantitative estimate of drug-likeness (QED) is 0.446. The van der Waals surface area contributed by atoms with Crippen molar-refractivity contribution in [3.05, 3.63) is 30.3 Å². The first-order valence-electron chi connectivity index (χ1n) is 9.29. The topological polar surface area (TPSA) is 71.0 Å². The molecule has 26 heavy (non-hydrogen) atoms. The second kappa shape index (κ2) is 9.26. The maximum absolute atomic E-state index is 12.2. The van der Waals surface area contributed by atoms with Crippen molar-refractivity contribution in [3.8, 4) is 5.75 Å². The minimum atomic E-state index is -3.04. The number of benzene rings is 1. The van der Waals surface area contributed by atoms with Gasteiger partial charge in [0.1, 0.15) is 5.75 Å². The number of guanidine groups is 1. The van der Waals surface area contributed by atoms with Crippen LogP contribution >= 0.6 is 0 Å². The van der Waals surface area contributed by atoms with Gasteiger partial charge in [-0.1, -0.05) is 18.2 Å². The number of unbranched alkanes of at least 4 members (excludes halogenated alkanes) is 1. The van der Waals surface area contributed by atoms with Gasteiger partial charge in [0, 0.05) is 26.2 Å². The molecule has 0 unspecified atom stereocenters. The third kappa shape index (κ3) is 5.62. The van der Waals surface area contributed by atoms with Gasteiger partial charge in [-0.25, -0.2) is 8.42 Å². The van der Waals surface area contributed by atoms with Gasteiger partial charge in [-0.2, -0.15) is 0 Å². The Hall–Kier alpha value is -1.76. The van der Waals surface area contributed by atoms with Gasteiger partial charge < -0.3 is 15.0 Å². The van der Waals surface area contributed by atoms with Crippen LogP contribution in [0.4, 0.5) is 0 Å². The highest BCUT2D eigenvalue weighted by molar-refractivity contribution is 7.92. The van der Waals surface area contributed by atoms with E-state index in [1.807, 2.05) is 37.3 Å². The lowest BCUT2D eigenvalue weighted by molar-refractivity contribution is 0.307. The summed E-state index contributed by atoms with van der Waals surface area (Å²) in [5.74, 6) is 1.87. The third-order valence-corrected chi connectivity index (χ3v) is 7.04. The molecule has 1 aromatic carbocycles. The fraction of sp³-hybridized carbons (Fsp3) is 0.632. The van der Waals surface area contributed by atoms with E-state index in [0.29, 0.717) is 26.2 Å². The van der Waals surface area contributed by atoms with Gasteiger partial charge in [0.2, 0.25) is 0 Å². The van der Waals surface area contributed by atoms with Crippen molar-refractivity contribution < 1.29 is 13.2 Å². The molecule has 146 valence electrons. The molecular weight excluding hydrogens is 350 g/mol. The van der Waals surface area contributed by atoms with E-state index in [1.165, 1.54) is 0 Å². The van der Waals surface area contributed by atoms with Crippen LogP contribution in [0.15, 0.2) is 35.3 Å². The summed E-state index contributed by atoms with van der Waals surface area (Å²) in [4.78, 5) is 6.74. The van der Waals surface area contributed by atoms with Crippen molar-refractivity contribution in [1.82, 2.24) is 10.2 Å². The molecule has 1 aliphatic rings. The second-order valence-corrected chi connectivity index (χ2v) is 9.85. The number of hydrogen-bond donors (Lipinski definition) is 1. The van der Waals surface area contributed by atoms with Crippen molar-refractivity contribution in [3.63, 3.8) is 0 Å². The van der Waals surface area contributed by atoms with Gasteiger partial charge in [-0.05, 0) is 45.7 Å². The number of hydrogen-bond acceptors (Lipinski definition) is 4. The van der Waals surface area contributed by atoms with Crippen molar-refractivity contribution in [2.45, 2.75) is 38.4 Å². The predicted octanol–water partition coefficient (Wildman–Crippen LogP) is 2.32. The zero-order chi connectivity index (χ0) is 19.0. The highest BCUT2D eigenvalue weighted by Gasteiger charge is 2.40. The number of sulfone groups is 1. The van der Waals surface area contributed by atoms with Crippen molar-refractivity contribution >= 4 is 15.8 Å². The number of para-hydroxylation sites is 1. The van der Waals surface area contributed by atoms with Gasteiger partial charge in [-0.15, -0.1) is 0 Å². The van der Waals surface area contributed by atoms with Crippen LogP contribution in [-0.4, -0.2) is 62.6 Å². The van der Waals surface area contributed by atoms with Crippen LogP contribution in [-0.2, 0) is 9.84 Å². The standard InChI is InChI=1S/C19H31N3O3S/c1-4-20-18(22-13-15-26(23,24)19(2,3)16-22)21-12-8-9-14-25-17-10-6-5-7-11-17/h5-7,10-11H,4,8-9,12-16H2,1-3H3,(H,20,21). The maximum Gasteiger partial charge on any atom is 0.193 e. The number of ether oxygens (including phenoxy) is 1. The second-order valence-electron chi connectivity index (χ2n) is 7.10. The molecule has 1 N–H and O–H groups in total. The van der Waals surface area contributed by atoms with E-state index < -0.39 is 14.6 Å². The van der Waals surface area contributed by atoms with Crippen molar-refractivity contribution in [2.75, 3.05) is 38.5 Å². The Morgan fingerprint density at radius 2 is 2.00 bits per heavy atom. The fourth-order valence-corrected chi connectivity index (χ4v) is 4.22. The van der Waals surface area contributed by atoms with E-state index in [1.54, 1.807) is 13.8 Å². The van der Waals surface area contributed by atoms with Crippen molar-refractivity contribution in [1.29, 1.82) is 0 Å². The van der Waals surface area contributed by atoms with Crippen LogP contribution in [0.25, 0.3) is 0 Å². The van der Waals surface area contributed by atoms with Crippen LogP contribution in [0.1, 0.15) is 33.6 Å². The zero-order valence-corrected chi connectivity index (χ0v) is 16.9.